The van der Waals surface area contributed by atoms with Crippen LogP contribution in [0, 0.1) is 0 Å². The molecular formula is C10H15N3O. The normalized spacial score (nSPS) is 15.2. The van der Waals surface area contributed by atoms with Crippen LogP contribution in [0.3, 0.4) is 0 Å². The highest BCUT2D eigenvalue weighted by Gasteiger charge is 2.19. The Kier molecular flexibility index (Phi) is 2.29. The molecule has 2 heterocycles. The summed E-state index contributed by atoms with van der Waals surface area (Å²) in [6.07, 6.45) is 3.24. The van der Waals surface area contributed by atoms with Crippen molar-refractivity contribution in [1.29, 1.82) is 0 Å². The van der Waals surface area contributed by atoms with Gasteiger partial charge in [-0.05, 0) is 25.3 Å². The minimum atomic E-state index is -0.338. The molecule has 2 rings (SSSR count). The van der Waals surface area contributed by atoms with Crippen LogP contribution in [-0.4, -0.2) is 10.5 Å². The van der Waals surface area contributed by atoms with Crippen LogP contribution < -0.4 is 11.5 Å². The summed E-state index contributed by atoms with van der Waals surface area (Å²) >= 11 is 0. The van der Waals surface area contributed by atoms with Gasteiger partial charge in [0.25, 0.3) is 5.91 Å². The molecule has 0 bridgehead atoms. The zero-order valence-corrected chi connectivity index (χ0v) is 8.12. The maximum atomic E-state index is 11.2. The number of rotatable bonds is 2. The molecule has 0 saturated carbocycles. The molecule has 1 aromatic rings. The maximum absolute atomic E-state index is 11.2. The molecule has 0 atom stereocenters. The van der Waals surface area contributed by atoms with E-state index in [1.807, 2.05) is 6.07 Å². The third-order valence-corrected chi connectivity index (χ3v) is 2.81. The molecule has 1 aromatic heterocycles. The zero-order chi connectivity index (χ0) is 10.1. The molecule has 0 radical (unpaired) electrons. The Bertz CT molecular complexity index is 368. The highest BCUT2D eigenvalue weighted by Crippen LogP contribution is 2.23. The maximum Gasteiger partial charge on any atom is 0.250 e. The van der Waals surface area contributed by atoms with Crippen molar-refractivity contribution in [2.75, 3.05) is 0 Å². The standard InChI is InChI=1S/C10H15N3O/c11-6-7-5-8(10(12)14)9-3-1-2-4-13(7)9/h5H,1-4,6,11H2,(H2,12,14). The minimum Gasteiger partial charge on any atom is -0.366 e. The second kappa shape index (κ2) is 3.46. The fourth-order valence-corrected chi connectivity index (χ4v) is 2.14. The summed E-state index contributed by atoms with van der Waals surface area (Å²) in [6.45, 7) is 1.44. The van der Waals surface area contributed by atoms with E-state index < -0.39 is 0 Å². The molecule has 0 aliphatic carbocycles. The predicted molar refractivity (Wildman–Crippen MR) is 53.8 cm³/mol. The summed E-state index contributed by atoms with van der Waals surface area (Å²) in [5.41, 5.74) is 13.7. The molecule has 76 valence electrons. The summed E-state index contributed by atoms with van der Waals surface area (Å²) in [7, 11) is 0. The molecule has 1 aliphatic rings. The van der Waals surface area contributed by atoms with Crippen LogP contribution >= 0.6 is 0 Å². The number of nitrogens with two attached hydrogens (primary N) is 2. The van der Waals surface area contributed by atoms with E-state index in [2.05, 4.69) is 4.57 Å². The second-order valence-electron chi connectivity index (χ2n) is 3.67. The van der Waals surface area contributed by atoms with Crippen LogP contribution in [0.5, 0.6) is 0 Å². The number of carbonyl (C=O) groups excluding carboxylic acids is 1. The lowest BCUT2D eigenvalue weighted by Gasteiger charge is -2.18. The Morgan fingerprint density at radius 2 is 2.29 bits per heavy atom. The molecule has 0 fully saturated rings. The number of aromatic nitrogens is 1. The topological polar surface area (TPSA) is 74.0 Å². The highest BCUT2D eigenvalue weighted by molar-refractivity contribution is 5.94. The summed E-state index contributed by atoms with van der Waals surface area (Å²) in [5.74, 6) is -0.338. The number of primary amides is 1. The lowest BCUT2D eigenvalue weighted by atomic mass is 10.1. The van der Waals surface area contributed by atoms with Gasteiger partial charge in [-0.15, -0.1) is 0 Å². The highest BCUT2D eigenvalue weighted by atomic mass is 16.1. The molecule has 1 aliphatic heterocycles. The Hall–Kier alpha value is -1.29. The van der Waals surface area contributed by atoms with E-state index in [1.54, 1.807) is 0 Å². The van der Waals surface area contributed by atoms with E-state index in [0.717, 1.165) is 37.2 Å². The third-order valence-electron chi connectivity index (χ3n) is 2.81. The molecule has 4 N–H and O–H groups in total. The quantitative estimate of drug-likeness (QED) is 0.712. The van der Waals surface area contributed by atoms with Crippen LogP contribution in [0.15, 0.2) is 6.07 Å². The van der Waals surface area contributed by atoms with E-state index in [1.165, 1.54) is 0 Å². The molecule has 0 aromatic carbocycles. The van der Waals surface area contributed by atoms with Gasteiger partial charge in [-0.2, -0.15) is 0 Å². The van der Waals surface area contributed by atoms with Gasteiger partial charge in [-0.1, -0.05) is 0 Å². The molecule has 0 saturated heterocycles. The Morgan fingerprint density at radius 3 is 2.93 bits per heavy atom. The van der Waals surface area contributed by atoms with E-state index in [4.69, 9.17) is 11.5 Å². The lowest BCUT2D eigenvalue weighted by Crippen LogP contribution is -2.18. The van der Waals surface area contributed by atoms with Gasteiger partial charge in [0.2, 0.25) is 0 Å². The Morgan fingerprint density at radius 1 is 1.50 bits per heavy atom. The molecule has 0 spiro atoms. The third kappa shape index (κ3) is 1.32. The van der Waals surface area contributed by atoms with E-state index in [-0.39, 0.29) is 5.91 Å². The molecule has 4 nitrogen and oxygen atoms in total. The number of fused-ring (bicyclic) bond motifs is 1. The molecule has 1 amide bonds. The van der Waals surface area contributed by atoms with E-state index in [9.17, 15) is 4.79 Å². The predicted octanol–water partition coefficient (Wildman–Crippen LogP) is 0.382. The second-order valence-corrected chi connectivity index (χ2v) is 3.67. The number of nitrogens with zero attached hydrogens (tertiary/aromatic N) is 1. The first-order chi connectivity index (χ1) is 6.74. The smallest absolute Gasteiger partial charge is 0.250 e. The molecule has 0 unspecified atom stereocenters. The fourth-order valence-electron chi connectivity index (χ4n) is 2.14. The van der Waals surface area contributed by atoms with Gasteiger partial charge in [-0.25, -0.2) is 0 Å². The Balaban J connectivity index is 2.52. The monoisotopic (exact) mass is 193 g/mol. The molecular weight excluding hydrogens is 178 g/mol. The van der Waals surface area contributed by atoms with E-state index in [0.29, 0.717) is 12.1 Å². The van der Waals surface area contributed by atoms with Gasteiger partial charge in [0, 0.05) is 24.5 Å². The van der Waals surface area contributed by atoms with E-state index >= 15 is 0 Å². The SMILES string of the molecule is NCc1cc(C(N)=O)c2n1CCCC2. The summed E-state index contributed by atoms with van der Waals surface area (Å²) in [4.78, 5) is 11.2. The average molecular weight is 193 g/mol. The minimum absolute atomic E-state index is 0.338. The van der Waals surface area contributed by atoms with Crippen LogP contribution in [0.2, 0.25) is 0 Å². The summed E-state index contributed by atoms with van der Waals surface area (Å²) in [5, 5.41) is 0. The van der Waals surface area contributed by atoms with Crippen molar-refractivity contribution < 1.29 is 4.79 Å². The number of carbonyl (C=O) groups is 1. The largest absolute Gasteiger partial charge is 0.366 e. The van der Waals surface area contributed by atoms with Crippen LogP contribution in [0.4, 0.5) is 0 Å². The van der Waals surface area contributed by atoms with Crippen molar-refractivity contribution in [3.8, 4) is 0 Å². The van der Waals surface area contributed by atoms with Gasteiger partial charge in [0.15, 0.2) is 0 Å². The van der Waals surface area contributed by atoms with Crippen LogP contribution in [0.1, 0.15) is 34.6 Å². The molecule has 4 heteroatoms. The van der Waals surface area contributed by atoms with Gasteiger partial charge in [0.1, 0.15) is 0 Å². The van der Waals surface area contributed by atoms with Gasteiger partial charge < -0.3 is 16.0 Å². The van der Waals surface area contributed by atoms with Crippen LogP contribution in [0.25, 0.3) is 0 Å². The average Bonchev–Trinajstić information content (AvgIpc) is 2.56. The van der Waals surface area contributed by atoms with Crippen molar-refractivity contribution in [2.45, 2.75) is 32.4 Å². The van der Waals surface area contributed by atoms with Crippen molar-refractivity contribution in [1.82, 2.24) is 4.57 Å². The van der Waals surface area contributed by atoms with Gasteiger partial charge in [0.05, 0.1) is 5.56 Å². The fraction of sp³-hybridized carbons (Fsp3) is 0.500. The van der Waals surface area contributed by atoms with Gasteiger partial charge in [-0.3, -0.25) is 4.79 Å². The van der Waals surface area contributed by atoms with Crippen LogP contribution in [-0.2, 0) is 19.5 Å². The van der Waals surface area contributed by atoms with Crippen molar-refractivity contribution in [3.05, 3.63) is 23.0 Å². The first kappa shape index (κ1) is 9.27. The first-order valence-corrected chi connectivity index (χ1v) is 4.95. The first-order valence-electron chi connectivity index (χ1n) is 4.95. The molecule has 14 heavy (non-hydrogen) atoms. The van der Waals surface area contributed by atoms with Crippen molar-refractivity contribution in [3.63, 3.8) is 0 Å². The zero-order valence-electron chi connectivity index (χ0n) is 8.12. The summed E-state index contributed by atoms with van der Waals surface area (Å²) in [6, 6.07) is 1.84. The number of amides is 1. The number of hydrogen-bond acceptors (Lipinski definition) is 2. The lowest BCUT2D eigenvalue weighted by molar-refractivity contribution is 0.0999. The Labute approximate surface area is 82.9 Å². The summed E-state index contributed by atoms with van der Waals surface area (Å²) < 4.78 is 2.14. The van der Waals surface area contributed by atoms with Crippen molar-refractivity contribution >= 4 is 5.91 Å². The van der Waals surface area contributed by atoms with Crippen molar-refractivity contribution in [2.24, 2.45) is 11.5 Å². The number of hydrogen-bond donors (Lipinski definition) is 2. The van der Waals surface area contributed by atoms with Gasteiger partial charge >= 0.3 is 0 Å².